The normalized spacial score (nSPS) is 14.5. The maximum absolute atomic E-state index is 11.3. The van der Waals surface area contributed by atoms with Crippen LogP contribution in [0.25, 0.3) is 0 Å². The fraction of sp³-hybridized carbons (Fsp3) is 0.500. The van der Waals surface area contributed by atoms with Crippen LogP contribution in [0.2, 0.25) is 0 Å². The Kier molecular flexibility index (Phi) is 4.07. The van der Waals surface area contributed by atoms with Gasteiger partial charge in [-0.05, 0) is 24.1 Å². The maximum Gasteiger partial charge on any atom is 0.310 e. The van der Waals surface area contributed by atoms with Crippen LogP contribution >= 0.6 is 0 Å². The van der Waals surface area contributed by atoms with E-state index in [-0.39, 0.29) is 6.79 Å². The lowest BCUT2D eigenvalue weighted by molar-refractivity contribution is -0.139. The Labute approximate surface area is 107 Å². The van der Waals surface area contributed by atoms with Crippen molar-refractivity contribution in [2.45, 2.75) is 38.5 Å². The van der Waals surface area contributed by atoms with Gasteiger partial charge in [-0.1, -0.05) is 32.3 Å². The van der Waals surface area contributed by atoms with Crippen molar-refractivity contribution in [2.24, 2.45) is 0 Å². The largest absolute Gasteiger partial charge is 0.481 e. The highest BCUT2D eigenvalue weighted by Gasteiger charge is 2.22. The van der Waals surface area contributed by atoms with Gasteiger partial charge in [0.1, 0.15) is 0 Å². The first-order chi connectivity index (χ1) is 8.72. The van der Waals surface area contributed by atoms with E-state index < -0.39 is 11.9 Å². The fourth-order valence-corrected chi connectivity index (χ4v) is 2.16. The zero-order valence-electron chi connectivity index (χ0n) is 10.5. The zero-order chi connectivity index (χ0) is 13.0. The molecule has 1 N–H and O–H groups in total. The summed E-state index contributed by atoms with van der Waals surface area (Å²) in [4.78, 5) is 11.3. The summed E-state index contributed by atoms with van der Waals surface area (Å²) in [5, 5.41) is 9.30. The lowest BCUT2D eigenvalue weighted by atomic mass is 9.93. The molecule has 0 spiro atoms. The van der Waals surface area contributed by atoms with Gasteiger partial charge in [0.2, 0.25) is 6.79 Å². The van der Waals surface area contributed by atoms with E-state index in [1.54, 1.807) is 12.1 Å². The number of hydrogen-bond acceptors (Lipinski definition) is 3. The van der Waals surface area contributed by atoms with E-state index >= 15 is 0 Å². The monoisotopic (exact) mass is 250 g/mol. The molecular formula is C14H18O4. The molecule has 1 aliphatic heterocycles. The molecule has 4 nitrogen and oxygen atoms in total. The summed E-state index contributed by atoms with van der Waals surface area (Å²) in [7, 11) is 0. The molecule has 18 heavy (non-hydrogen) atoms. The van der Waals surface area contributed by atoms with Crippen LogP contribution in [0, 0.1) is 0 Å². The van der Waals surface area contributed by atoms with Crippen molar-refractivity contribution >= 4 is 5.97 Å². The Morgan fingerprint density at radius 2 is 2.11 bits per heavy atom. The van der Waals surface area contributed by atoms with Crippen LogP contribution in [0.5, 0.6) is 11.5 Å². The van der Waals surface area contributed by atoms with Crippen molar-refractivity contribution in [3.05, 3.63) is 23.8 Å². The van der Waals surface area contributed by atoms with E-state index in [9.17, 15) is 9.90 Å². The zero-order valence-corrected chi connectivity index (χ0v) is 10.5. The number of carbonyl (C=O) groups is 1. The Bertz CT molecular complexity index is 428. The molecule has 0 saturated carbocycles. The number of fused-ring (bicyclic) bond motifs is 1. The summed E-state index contributed by atoms with van der Waals surface area (Å²) >= 11 is 0. The Morgan fingerprint density at radius 1 is 1.33 bits per heavy atom. The van der Waals surface area contributed by atoms with Crippen molar-refractivity contribution in [3.63, 3.8) is 0 Å². The maximum atomic E-state index is 11.3. The number of carboxylic acids is 1. The molecule has 98 valence electrons. The van der Waals surface area contributed by atoms with Gasteiger partial charge < -0.3 is 14.6 Å². The molecule has 1 aromatic rings. The third-order valence-corrected chi connectivity index (χ3v) is 3.19. The van der Waals surface area contributed by atoms with Crippen LogP contribution in [0.3, 0.4) is 0 Å². The topological polar surface area (TPSA) is 55.8 Å². The third kappa shape index (κ3) is 2.75. The van der Waals surface area contributed by atoms with Crippen molar-refractivity contribution in [3.8, 4) is 11.5 Å². The molecule has 0 amide bonds. The van der Waals surface area contributed by atoms with Gasteiger partial charge in [0, 0.05) is 0 Å². The quantitative estimate of drug-likeness (QED) is 0.788. The van der Waals surface area contributed by atoms with Crippen LogP contribution in [0.4, 0.5) is 0 Å². The first kappa shape index (κ1) is 12.7. The molecule has 0 bridgehead atoms. The van der Waals surface area contributed by atoms with Crippen molar-refractivity contribution < 1.29 is 19.4 Å². The van der Waals surface area contributed by atoms with Crippen LogP contribution in [-0.4, -0.2) is 17.9 Å². The minimum Gasteiger partial charge on any atom is -0.481 e. The second kappa shape index (κ2) is 5.76. The standard InChI is InChI=1S/C14H18O4/c1-2-3-4-5-11(14(15)16)10-6-7-12-13(8-10)18-9-17-12/h6-8,11H,2-5,9H2,1H3,(H,15,16). The smallest absolute Gasteiger partial charge is 0.310 e. The molecule has 1 aromatic carbocycles. The van der Waals surface area contributed by atoms with Crippen LogP contribution < -0.4 is 9.47 Å². The lowest BCUT2D eigenvalue weighted by Gasteiger charge is -2.13. The molecule has 1 atom stereocenters. The molecule has 0 aliphatic carbocycles. The van der Waals surface area contributed by atoms with Gasteiger partial charge in [-0.3, -0.25) is 4.79 Å². The van der Waals surface area contributed by atoms with Gasteiger partial charge in [0.15, 0.2) is 11.5 Å². The van der Waals surface area contributed by atoms with E-state index in [0.29, 0.717) is 17.9 Å². The number of benzene rings is 1. The van der Waals surface area contributed by atoms with Crippen LogP contribution in [-0.2, 0) is 4.79 Å². The molecule has 0 radical (unpaired) electrons. The number of carboxylic acid groups (broad SMARTS) is 1. The molecule has 1 heterocycles. The number of rotatable bonds is 6. The fourth-order valence-electron chi connectivity index (χ4n) is 2.16. The summed E-state index contributed by atoms with van der Waals surface area (Å²) in [6.07, 6.45) is 3.76. The molecule has 0 fully saturated rings. The van der Waals surface area contributed by atoms with E-state index in [2.05, 4.69) is 6.92 Å². The molecule has 1 unspecified atom stereocenters. The van der Waals surface area contributed by atoms with Gasteiger partial charge in [-0.15, -0.1) is 0 Å². The summed E-state index contributed by atoms with van der Waals surface area (Å²) in [5.74, 6) is 0.113. The highest BCUT2D eigenvalue weighted by Crippen LogP contribution is 2.35. The first-order valence-electron chi connectivity index (χ1n) is 6.34. The van der Waals surface area contributed by atoms with Gasteiger partial charge in [0.05, 0.1) is 5.92 Å². The summed E-state index contributed by atoms with van der Waals surface area (Å²) in [6.45, 7) is 2.32. The molecule has 1 aliphatic rings. The van der Waals surface area contributed by atoms with E-state index in [4.69, 9.17) is 9.47 Å². The predicted octanol–water partition coefficient (Wildman–Crippen LogP) is 3.16. The average Bonchev–Trinajstić information content (AvgIpc) is 2.81. The molecule has 0 aromatic heterocycles. The SMILES string of the molecule is CCCCCC(C(=O)O)c1ccc2c(c1)OCO2. The first-order valence-corrected chi connectivity index (χ1v) is 6.34. The van der Waals surface area contributed by atoms with Gasteiger partial charge in [0.25, 0.3) is 0 Å². The number of ether oxygens (including phenoxy) is 2. The molecule has 2 rings (SSSR count). The summed E-state index contributed by atoms with van der Waals surface area (Å²) < 4.78 is 10.5. The lowest BCUT2D eigenvalue weighted by Crippen LogP contribution is -2.11. The highest BCUT2D eigenvalue weighted by molar-refractivity contribution is 5.76. The van der Waals surface area contributed by atoms with Crippen LogP contribution in [0.1, 0.15) is 44.1 Å². The summed E-state index contributed by atoms with van der Waals surface area (Å²) in [6, 6.07) is 5.39. The average molecular weight is 250 g/mol. The van der Waals surface area contributed by atoms with E-state index in [0.717, 1.165) is 24.8 Å². The van der Waals surface area contributed by atoms with Crippen LogP contribution in [0.15, 0.2) is 18.2 Å². The third-order valence-electron chi connectivity index (χ3n) is 3.19. The molecular weight excluding hydrogens is 232 g/mol. The minimum atomic E-state index is -0.773. The highest BCUT2D eigenvalue weighted by atomic mass is 16.7. The van der Waals surface area contributed by atoms with Gasteiger partial charge in [-0.2, -0.15) is 0 Å². The summed E-state index contributed by atoms with van der Waals surface area (Å²) in [5.41, 5.74) is 0.794. The van der Waals surface area contributed by atoms with Gasteiger partial charge in [-0.25, -0.2) is 0 Å². The number of aliphatic carboxylic acids is 1. The number of hydrogen-bond donors (Lipinski definition) is 1. The van der Waals surface area contributed by atoms with Gasteiger partial charge >= 0.3 is 5.97 Å². The predicted molar refractivity (Wildman–Crippen MR) is 67.1 cm³/mol. The molecule has 4 heteroatoms. The number of unbranched alkanes of at least 4 members (excludes halogenated alkanes) is 2. The van der Waals surface area contributed by atoms with Crippen molar-refractivity contribution in [2.75, 3.05) is 6.79 Å². The Hall–Kier alpha value is -1.71. The second-order valence-electron chi connectivity index (χ2n) is 4.50. The Balaban J connectivity index is 2.12. The van der Waals surface area contributed by atoms with E-state index in [1.807, 2.05) is 6.07 Å². The van der Waals surface area contributed by atoms with Crippen molar-refractivity contribution in [1.82, 2.24) is 0 Å². The second-order valence-corrected chi connectivity index (χ2v) is 4.50. The Morgan fingerprint density at radius 3 is 2.83 bits per heavy atom. The molecule has 0 saturated heterocycles. The minimum absolute atomic E-state index is 0.215. The van der Waals surface area contributed by atoms with E-state index in [1.165, 1.54) is 0 Å². The van der Waals surface area contributed by atoms with Crippen molar-refractivity contribution in [1.29, 1.82) is 0 Å².